The number of hydrogen-bond donors (Lipinski definition) is 1. The predicted octanol–water partition coefficient (Wildman–Crippen LogP) is 4.19. The molecule has 3 aromatic rings. The average Bonchev–Trinajstić information content (AvgIpc) is 2.59. The van der Waals surface area contributed by atoms with Crippen LogP contribution in [0, 0.1) is 5.21 Å². The Morgan fingerprint density at radius 2 is 1.89 bits per heavy atom. The van der Waals surface area contributed by atoms with Gasteiger partial charge in [0.25, 0.3) is 11.3 Å². The molecular weight excluding hydrogens is 410 g/mol. The van der Waals surface area contributed by atoms with Crippen molar-refractivity contribution < 1.29 is 22.6 Å². The van der Waals surface area contributed by atoms with Crippen LogP contribution in [0.2, 0.25) is 10.0 Å². The number of H-pyrrole nitrogens is 1. The standard InChI is InChI=1S/C16H8Cl2F3N3O3/c17-9-5-4-8(7-10(9)18)27-12-13(16(19,20)21)22-14(23-15(12)25)11-3-1-2-6-24(11)26/h1-7H,(H,22,23,25). The van der Waals surface area contributed by atoms with Crippen molar-refractivity contribution in [2.24, 2.45) is 0 Å². The van der Waals surface area contributed by atoms with E-state index in [0.717, 1.165) is 12.3 Å². The van der Waals surface area contributed by atoms with Crippen LogP contribution < -0.4 is 15.0 Å². The molecule has 0 bridgehead atoms. The molecule has 0 radical (unpaired) electrons. The van der Waals surface area contributed by atoms with Crippen molar-refractivity contribution in [3.8, 4) is 23.0 Å². The fraction of sp³-hybridized carbons (Fsp3) is 0.0625. The number of nitrogens with zero attached hydrogens (tertiary/aromatic N) is 2. The third-order valence-corrected chi connectivity index (χ3v) is 4.06. The van der Waals surface area contributed by atoms with E-state index >= 15 is 0 Å². The first-order valence-corrected chi connectivity index (χ1v) is 7.95. The summed E-state index contributed by atoms with van der Waals surface area (Å²) >= 11 is 11.5. The minimum atomic E-state index is -5.02. The Kier molecular flexibility index (Phi) is 4.99. The molecule has 140 valence electrons. The fourth-order valence-corrected chi connectivity index (χ4v) is 2.43. The maximum atomic E-state index is 13.4. The molecule has 0 unspecified atom stereocenters. The summed E-state index contributed by atoms with van der Waals surface area (Å²) in [5.74, 6) is -1.78. The number of hydrogen-bond acceptors (Lipinski definition) is 4. The molecule has 0 atom stereocenters. The van der Waals surface area contributed by atoms with Gasteiger partial charge in [0, 0.05) is 18.2 Å². The molecule has 0 saturated carbocycles. The molecule has 1 N–H and O–H groups in total. The van der Waals surface area contributed by atoms with Gasteiger partial charge >= 0.3 is 6.18 Å². The molecular formula is C16H8Cl2F3N3O3. The van der Waals surface area contributed by atoms with Gasteiger partial charge in [-0.15, -0.1) is 0 Å². The van der Waals surface area contributed by atoms with Crippen LogP contribution in [0.4, 0.5) is 13.2 Å². The molecule has 2 aromatic heterocycles. The zero-order valence-electron chi connectivity index (χ0n) is 13.1. The van der Waals surface area contributed by atoms with E-state index in [-0.39, 0.29) is 26.2 Å². The predicted molar refractivity (Wildman–Crippen MR) is 90.8 cm³/mol. The Labute approximate surface area is 159 Å². The Bertz CT molecular complexity index is 1070. The molecule has 0 spiro atoms. The largest absolute Gasteiger partial charge is 0.618 e. The molecule has 0 amide bonds. The van der Waals surface area contributed by atoms with Crippen molar-refractivity contribution in [3.05, 3.63) is 73.9 Å². The van der Waals surface area contributed by atoms with Crippen LogP contribution >= 0.6 is 23.2 Å². The summed E-state index contributed by atoms with van der Waals surface area (Å²) in [5.41, 5.74) is -3.07. The van der Waals surface area contributed by atoms with Crippen LogP contribution in [0.3, 0.4) is 0 Å². The zero-order valence-corrected chi connectivity index (χ0v) is 14.6. The summed E-state index contributed by atoms with van der Waals surface area (Å²) in [6.45, 7) is 0. The summed E-state index contributed by atoms with van der Waals surface area (Å²) in [4.78, 5) is 17.8. The molecule has 27 heavy (non-hydrogen) atoms. The van der Waals surface area contributed by atoms with Gasteiger partial charge in [-0.1, -0.05) is 23.2 Å². The normalized spacial score (nSPS) is 11.4. The lowest BCUT2D eigenvalue weighted by atomic mass is 10.3. The number of halogens is 5. The molecule has 0 fully saturated rings. The van der Waals surface area contributed by atoms with Crippen molar-refractivity contribution in [2.75, 3.05) is 0 Å². The van der Waals surface area contributed by atoms with Crippen LogP contribution in [0.1, 0.15) is 5.69 Å². The van der Waals surface area contributed by atoms with Gasteiger partial charge in [0.15, 0.2) is 11.9 Å². The minimum Gasteiger partial charge on any atom is -0.618 e. The number of alkyl halides is 3. The minimum absolute atomic E-state index is 0.0282. The van der Waals surface area contributed by atoms with Gasteiger partial charge in [0.05, 0.1) is 10.0 Å². The van der Waals surface area contributed by atoms with E-state index in [1.54, 1.807) is 0 Å². The van der Waals surface area contributed by atoms with Crippen LogP contribution in [0.5, 0.6) is 11.5 Å². The van der Waals surface area contributed by atoms with Gasteiger partial charge in [-0.3, -0.25) is 9.78 Å². The first-order valence-electron chi connectivity index (χ1n) is 7.20. The lowest BCUT2D eigenvalue weighted by Gasteiger charge is -2.13. The van der Waals surface area contributed by atoms with E-state index in [0.29, 0.717) is 0 Å². The highest BCUT2D eigenvalue weighted by Gasteiger charge is 2.39. The van der Waals surface area contributed by atoms with Crippen molar-refractivity contribution in [1.29, 1.82) is 0 Å². The number of benzene rings is 1. The van der Waals surface area contributed by atoms with Crippen LogP contribution in [0.25, 0.3) is 11.5 Å². The van der Waals surface area contributed by atoms with E-state index in [9.17, 15) is 23.2 Å². The number of rotatable bonds is 3. The number of aromatic amines is 1. The summed E-state index contributed by atoms with van der Waals surface area (Å²) in [5, 5.41) is 11.9. The van der Waals surface area contributed by atoms with Gasteiger partial charge < -0.3 is 9.94 Å². The summed E-state index contributed by atoms with van der Waals surface area (Å²) in [6.07, 6.45) is -3.96. The smallest absolute Gasteiger partial charge is 0.437 e. The van der Waals surface area contributed by atoms with Gasteiger partial charge in [0.1, 0.15) is 5.75 Å². The second kappa shape index (κ2) is 7.09. The van der Waals surface area contributed by atoms with E-state index in [4.69, 9.17) is 27.9 Å². The lowest BCUT2D eigenvalue weighted by molar-refractivity contribution is -0.594. The number of pyridine rings is 1. The van der Waals surface area contributed by atoms with Crippen molar-refractivity contribution >= 4 is 23.2 Å². The molecule has 0 aliphatic heterocycles. The van der Waals surface area contributed by atoms with Gasteiger partial charge in [-0.25, -0.2) is 4.98 Å². The highest BCUT2D eigenvalue weighted by atomic mass is 35.5. The van der Waals surface area contributed by atoms with Crippen molar-refractivity contribution in [3.63, 3.8) is 0 Å². The van der Waals surface area contributed by atoms with Crippen LogP contribution in [0.15, 0.2) is 47.4 Å². The fourth-order valence-electron chi connectivity index (χ4n) is 2.14. The molecule has 0 aliphatic carbocycles. The highest BCUT2D eigenvalue weighted by molar-refractivity contribution is 6.42. The average molecular weight is 418 g/mol. The Hall–Kier alpha value is -2.78. The zero-order chi connectivity index (χ0) is 19.8. The van der Waals surface area contributed by atoms with E-state index in [2.05, 4.69) is 9.97 Å². The molecule has 0 aliphatic rings. The van der Waals surface area contributed by atoms with Crippen LogP contribution in [-0.2, 0) is 6.18 Å². The summed E-state index contributed by atoms with van der Waals surface area (Å²) in [6, 6.07) is 7.70. The summed E-state index contributed by atoms with van der Waals surface area (Å²) in [7, 11) is 0. The third kappa shape index (κ3) is 3.99. The van der Waals surface area contributed by atoms with E-state index in [1.807, 2.05) is 0 Å². The number of nitrogens with one attached hydrogen (secondary N) is 1. The Balaban J connectivity index is 2.15. The molecule has 6 nitrogen and oxygen atoms in total. The monoisotopic (exact) mass is 417 g/mol. The molecule has 11 heteroatoms. The molecule has 1 aromatic carbocycles. The SMILES string of the molecule is O=c1[nH]c(-c2cccc[n+]2[O-])nc(C(F)(F)F)c1Oc1ccc(Cl)c(Cl)c1. The third-order valence-electron chi connectivity index (χ3n) is 3.32. The van der Waals surface area contributed by atoms with Gasteiger partial charge in [-0.2, -0.15) is 17.9 Å². The van der Waals surface area contributed by atoms with E-state index in [1.165, 1.54) is 30.3 Å². The van der Waals surface area contributed by atoms with Gasteiger partial charge in [0.2, 0.25) is 11.6 Å². The number of ether oxygens (including phenoxy) is 1. The maximum absolute atomic E-state index is 13.4. The number of aromatic nitrogens is 3. The first-order chi connectivity index (χ1) is 12.7. The maximum Gasteiger partial charge on any atom is 0.437 e. The van der Waals surface area contributed by atoms with Crippen molar-refractivity contribution in [1.82, 2.24) is 9.97 Å². The molecule has 2 heterocycles. The topological polar surface area (TPSA) is 81.9 Å². The lowest BCUT2D eigenvalue weighted by Crippen LogP contribution is -2.30. The highest BCUT2D eigenvalue weighted by Crippen LogP contribution is 2.36. The quantitative estimate of drug-likeness (QED) is 0.511. The Morgan fingerprint density at radius 3 is 2.52 bits per heavy atom. The van der Waals surface area contributed by atoms with E-state index < -0.39 is 29.0 Å². The first kappa shape index (κ1) is 19.0. The Morgan fingerprint density at radius 1 is 1.15 bits per heavy atom. The summed E-state index contributed by atoms with van der Waals surface area (Å²) < 4.78 is 45.7. The second-order valence-electron chi connectivity index (χ2n) is 5.18. The van der Waals surface area contributed by atoms with Crippen molar-refractivity contribution in [2.45, 2.75) is 6.18 Å². The second-order valence-corrected chi connectivity index (χ2v) is 5.99. The van der Waals surface area contributed by atoms with Crippen LogP contribution in [-0.4, -0.2) is 9.97 Å². The molecule has 3 rings (SSSR count). The van der Waals surface area contributed by atoms with Gasteiger partial charge in [-0.05, 0) is 18.2 Å². The molecule has 0 saturated heterocycles.